The van der Waals surface area contributed by atoms with E-state index in [1.54, 1.807) is 152 Å². The molecule has 0 aliphatic carbocycles. The van der Waals surface area contributed by atoms with Crippen LogP contribution in [0.15, 0.2) is 239 Å². The summed E-state index contributed by atoms with van der Waals surface area (Å²) in [7, 11) is 3.06. The van der Waals surface area contributed by atoms with Crippen molar-refractivity contribution in [1.29, 1.82) is 5.26 Å². The van der Waals surface area contributed by atoms with Gasteiger partial charge in [0, 0.05) is 89.9 Å². The second-order valence-corrected chi connectivity index (χ2v) is 20.8. The zero-order chi connectivity index (χ0) is 72.9. The predicted molar refractivity (Wildman–Crippen MR) is 385 cm³/mol. The quantitative estimate of drug-likeness (QED) is 0.0169. The summed E-state index contributed by atoms with van der Waals surface area (Å²) in [6, 6.07) is 47.6. The van der Waals surface area contributed by atoms with Crippen LogP contribution in [-0.2, 0) is 19.1 Å². The van der Waals surface area contributed by atoms with E-state index in [1.807, 2.05) is 12.1 Å². The van der Waals surface area contributed by atoms with Crippen molar-refractivity contribution >= 4 is 110 Å². The van der Waals surface area contributed by atoms with Crippen LogP contribution in [0, 0.1) is 28.8 Å². The van der Waals surface area contributed by atoms with Crippen molar-refractivity contribution < 1.29 is 51.3 Å². The Hall–Kier alpha value is -14.6. The Bertz CT molecular complexity index is 4860. The molecule has 11 aromatic rings. The monoisotopic (exact) mass is 1390 g/mol. The second-order valence-electron chi connectivity index (χ2n) is 20.8. The highest BCUT2D eigenvalue weighted by atomic mass is 19.1. The van der Waals surface area contributed by atoms with E-state index in [4.69, 9.17) is 18.9 Å². The number of nitrogens with zero attached hydrogens (tertiary/aromatic N) is 9. The summed E-state index contributed by atoms with van der Waals surface area (Å²) in [6.07, 6.45) is 11.7. The Labute approximate surface area is 587 Å². The van der Waals surface area contributed by atoms with Crippen LogP contribution in [-0.4, -0.2) is 90.9 Å². The molecule has 0 aliphatic heterocycles. The highest BCUT2D eigenvalue weighted by Gasteiger charge is 2.15. The highest BCUT2D eigenvalue weighted by Crippen LogP contribution is 2.31. The smallest absolute Gasteiger partial charge is 0.269 e. The number of pyridine rings is 2. The van der Waals surface area contributed by atoms with Gasteiger partial charge in [0.15, 0.2) is 40.7 Å². The van der Waals surface area contributed by atoms with Gasteiger partial charge in [-0.2, -0.15) is 20.2 Å². The van der Waals surface area contributed by atoms with Crippen LogP contribution in [0.1, 0.15) is 16.1 Å². The molecule has 27 nitrogen and oxygen atoms in total. The number of carbonyl (C=O) groups excluding carboxylic acids is 4. The van der Waals surface area contributed by atoms with Crippen molar-refractivity contribution in [2.75, 3.05) is 75.2 Å². The van der Waals surface area contributed by atoms with Gasteiger partial charge in [0.2, 0.25) is 35.6 Å². The van der Waals surface area contributed by atoms with Crippen LogP contribution in [0.3, 0.4) is 0 Å². The summed E-state index contributed by atoms with van der Waals surface area (Å²) in [5.74, 6) is -0.136. The van der Waals surface area contributed by atoms with Crippen LogP contribution in [0.5, 0.6) is 28.7 Å². The molecule has 0 saturated heterocycles. The molecular formula is C73H62F3N19O8. The average molecular weight is 1390 g/mol. The molecule has 0 fully saturated rings. The van der Waals surface area contributed by atoms with E-state index >= 15 is 0 Å². The van der Waals surface area contributed by atoms with Gasteiger partial charge >= 0.3 is 0 Å². The fourth-order valence-electron chi connectivity index (χ4n) is 8.60. The fourth-order valence-corrected chi connectivity index (χ4v) is 8.60. The van der Waals surface area contributed by atoms with E-state index in [1.165, 1.54) is 50.8 Å². The van der Waals surface area contributed by atoms with E-state index in [0.717, 1.165) is 24.5 Å². The van der Waals surface area contributed by atoms with Gasteiger partial charge in [-0.3, -0.25) is 29.1 Å². The number of anilines is 15. The van der Waals surface area contributed by atoms with Crippen LogP contribution in [0.25, 0.3) is 0 Å². The lowest BCUT2D eigenvalue weighted by molar-refractivity contribution is -0.112. The largest absolute Gasteiger partial charge is 0.488 e. The highest BCUT2D eigenvalue weighted by molar-refractivity contribution is 6.00. The SMILES string of the molecule is C=CC(=O)Nc1cccc(Nc2nc(Nc3ccc(OCCOC)c(F)c3)ncc2C#N)c1.C=CC(=O)Nc1cccc(Nc2nc(Nc3ccc(Oc4cccnc4)cc3)ncc2F)c1.C=CC(=O)Nc1cccc(Nc2nc(Nc3ccc(Oc4ccnc(C(=O)NC)c4)cc3)ncc2F)c1. The van der Waals surface area contributed by atoms with E-state index in [-0.39, 0.29) is 82.5 Å². The number of halogens is 3. The predicted octanol–water partition coefficient (Wildman–Crippen LogP) is 14.3. The first-order valence-electron chi connectivity index (χ1n) is 30.6. The van der Waals surface area contributed by atoms with Crippen molar-refractivity contribution in [1.82, 2.24) is 45.2 Å². The normalized spacial score (nSPS) is 10.2. The Kier molecular flexibility index (Phi) is 25.9. The zero-order valence-corrected chi connectivity index (χ0v) is 54.7. The fraction of sp³-hybridized carbons (Fsp3) is 0.0548. The number of hydrogen-bond donors (Lipinski definition) is 10. The Balaban J connectivity index is 0.000000180. The molecule has 518 valence electrons. The van der Waals surface area contributed by atoms with Gasteiger partial charge in [-0.25, -0.2) is 28.1 Å². The third-order valence-electron chi connectivity index (χ3n) is 13.4. The molecule has 5 aromatic heterocycles. The number of methoxy groups -OCH3 is 1. The van der Waals surface area contributed by atoms with Gasteiger partial charge in [0.25, 0.3) is 5.91 Å². The molecule has 6 aromatic carbocycles. The average Bonchev–Trinajstić information content (AvgIpc) is 0.845. The number of nitriles is 1. The molecule has 0 saturated carbocycles. The van der Waals surface area contributed by atoms with Gasteiger partial charge in [-0.05, 0) is 152 Å². The van der Waals surface area contributed by atoms with Gasteiger partial charge in [-0.1, -0.05) is 37.9 Å². The zero-order valence-electron chi connectivity index (χ0n) is 54.7. The summed E-state index contributed by atoms with van der Waals surface area (Å²) in [4.78, 5) is 79.1. The summed E-state index contributed by atoms with van der Waals surface area (Å²) in [5, 5.41) is 37.6. The van der Waals surface area contributed by atoms with E-state index in [9.17, 15) is 37.6 Å². The van der Waals surface area contributed by atoms with E-state index in [2.05, 4.69) is 113 Å². The van der Waals surface area contributed by atoms with Gasteiger partial charge in [0.1, 0.15) is 46.9 Å². The molecule has 0 spiro atoms. The summed E-state index contributed by atoms with van der Waals surface area (Å²) in [5.41, 5.74) is 5.41. The number of aromatic nitrogens is 8. The van der Waals surface area contributed by atoms with Crippen LogP contribution < -0.4 is 67.4 Å². The molecule has 5 heterocycles. The number of ether oxygens (including phenoxy) is 4. The van der Waals surface area contributed by atoms with Gasteiger partial charge in [-0.15, -0.1) is 0 Å². The number of hydrogen-bond acceptors (Lipinski definition) is 23. The summed E-state index contributed by atoms with van der Waals surface area (Å²) in [6.45, 7) is 10.8. The molecule has 30 heteroatoms. The molecule has 103 heavy (non-hydrogen) atoms. The molecule has 10 N–H and O–H groups in total. The first-order valence-corrected chi connectivity index (χ1v) is 30.6. The van der Waals surface area contributed by atoms with Gasteiger partial charge in [0.05, 0.1) is 31.4 Å². The molecule has 11 rings (SSSR count). The second kappa shape index (κ2) is 36.7. The molecule has 0 radical (unpaired) electrons. The molecule has 0 atom stereocenters. The summed E-state index contributed by atoms with van der Waals surface area (Å²) < 4.78 is 64.6. The molecule has 0 bridgehead atoms. The topological polar surface area (TPSA) is 352 Å². The summed E-state index contributed by atoms with van der Waals surface area (Å²) >= 11 is 0. The van der Waals surface area contributed by atoms with Crippen LogP contribution in [0.2, 0.25) is 0 Å². The lowest BCUT2D eigenvalue weighted by Crippen LogP contribution is -2.18. The molecule has 0 aliphatic rings. The van der Waals surface area contributed by atoms with Crippen molar-refractivity contribution in [3.63, 3.8) is 0 Å². The lowest BCUT2D eigenvalue weighted by atomic mass is 10.2. The minimum atomic E-state index is -0.650. The van der Waals surface area contributed by atoms with Crippen molar-refractivity contribution in [2.45, 2.75) is 0 Å². The van der Waals surface area contributed by atoms with Crippen molar-refractivity contribution in [2.24, 2.45) is 0 Å². The Morgan fingerprint density at radius 1 is 0.456 bits per heavy atom. The number of nitrogens with one attached hydrogen (secondary N) is 10. The maximum Gasteiger partial charge on any atom is 0.269 e. The third kappa shape index (κ3) is 22.5. The van der Waals surface area contributed by atoms with Crippen molar-refractivity contribution in [3.05, 3.63) is 268 Å². The van der Waals surface area contributed by atoms with E-state index < -0.39 is 17.5 Å². The number of rotatable bonds is 27. The van der Waals surface area contributed by atoms with Crippen LogP contribution in [0.4, 0.5) is 99.7 Å². The lowest BCUT2D eigenvalue weighted by Gasteiger charge is -2.12. The number of carbonyl (C=O) groups is 4. The van der Waals surface area contributed by atoms with Gasteiger partial charge < -0.3 is 72.1 Å². The van der Waals surface area contributed by atoms with E-state index in [0.29, 0.717) is 80.8 Å². The molecular weight excluding hydrogens is 1330 g/mol. The number of amides is 4. The van der Waals surface area contributed by atoms with Crippen molar-refractivity contribution in [3.8, 4) is 34.8 Å². The minimum Gasteiger partial charge on any atom is -0.488 e. The molecule has 0 unspecified atom stereocenters. The first kappa shape index (κ1) is 72.7. The maximum absolute atomic E-state index is 14.4. The molecule has 4 amide bonds. The first-order chi connectivity index (χ1) is 50.0. The number of benzene rings is 6. The van der Waals surface area contributed by atoms with Crippen LogP contribution >= 0.6 is 0 Å². The third-order valence-corrected chi connectivity index (χ3v) is 13.4. The maximum atomic E-state index is 14.4. The Morgan fingerprint density at radius 3 is 1.38 bits per heavy atom. The Morgan fingerprint density at radius 2 is 0.913 bits per heavy atom. The standard InChI is InChI=1S/C26H22FN7O3.C24H19FN6O2.C23H21FN6O3/c1-3-23(35)31-17-5-4-6-18(13-17)32-24-21(27)15-30-26(34-24)33-16-7-9-19(10-8-16)37-20-11-12-29-22(14-20)25(36)28-2;1-2-22(32)28-17-5-3-6-18(13-17)29-23-21(25)15-27-24(31-23)30-16-8-10-19(11-9-16)33-20-7-4-12-26-14-20;1-3-21(31)27-16-5-4-6-17(11-16)28-22-15(13-25)14-26-23(30-22)29-18-7-8-20(19(24)12-18)33-10-9-32-2/h3-15H,1H2,2H3,(H,28,36)(H,31,35)(H2,30,32,33,34);2-15H,1H2,(H,28,32)(H2,27,29,30,31);3-8,11-12,14H,1,9-10H2,2H3,(H,27,31)(H2,26,28,29,30). The minimum absolute atomic E-state index is 0.0174.